The SMILES string of the molecule is CCCCCCCCCCCCSCC(CSCCCCCCCCCCCC)OC(=O)Cc1cc(C(C)(C)C)c(O)c(C(C)(C)C)c1. The van der Waals surface area contributed by atoms with Gasteiger partial charge < -0.3 is 9.84 Å². The van der Waals surface area contributed by atoms with Gasteiger partial charge in [-0.05, 0) is 51.9 Å². The first kappa shape index (κ1) is 45.2. The molecule has 0 amide bonds. The van der Waals surface area contributed by atoms with Crippen LogP contribution < -0.4 is 0 Å². The van der Waals surface area contributed by atoms with Gasteiger partial charge in [-0.3, -0.25) is 4.79 Å². The number of phenolic OH excluding ortho intramolecular Hbond substituents is 1. The topological polar surface area (TPSA) is 46.5 Å². The fraction of sp³-hybridized carbons (Fsp3) is 0.837. The van der Waals surface area contributed by atoms with E-state index >= 15 is 0 Å². The molecule has 0 spiro atoms. The molecule has 48 heavy (non-hydrogen) atoms. The van der Waals surface area contributed by atoms with Crippen LogP contribution >= 0.6 is 23.5 Å². The average Bonchev–Trinajstić information content (AvgIpc) is 3.01. The Hall–Kier alpha value is -0.810. The molecule has 0 saturated heterocycles. The van der Waals surface area contributed by atoms with E-state index < -0.39 is 0 Å². The third-order valence-corrected chi connectivity index (χ3v) is 11.7. The molecule has 1 aromatic rings. The van der Waals surface area contributed by atoms with Gasteiger partial charge in [-0.2, -0.15) is 23.5 Å². The number of carbonyl (C=O) groups is 1. The van der Waals surface area contributed by atoms with Gasteiger partial charge in [-0.15, -0.1) is 0 Å². The van der Waals surface area contributed by atoms with Crippen LogP contribution in [0.3, 0.4) is 0 Å². The predicted octanol–water partition coefficient (Wildman–Crippen LogP) is 13.7. The summed E-state index contributed by atoms with van der Waals surface area (Å²) in [6.45, 7) is 17.3. The second-order valence-electron chi connectivity index (χ2n) is 16.3. The number of rotatable bonds is 29. The minimum absolute atomic E-state index is 0.0555. The van der Waals surface area contributed by atoms with Gasteiger partial charge in [0.2, 0.25) is 0 Å². The summed E-state index contributed by atoms with van der Waals surface area (Å²) in [6, 6.07) is 4.03. The highest BCUT2D eigenvalue weighted by molar-refractivity contribution is 8.00. The van der Waals surface area contributed by atoms with Crippen LogP contribution in [-0.2, 0) is 26.8 Å². The number of carbonyl (C=O) groups excluding carboxylic acids is 1. The van der Waals surface area contributed by atoms with Crippen LogP contribution in [0.15, 0.2) is 12.1 Å². The van der Waals surface area contributed by atoms with E-state index in [4.69, 9.17) is 4.74 Å². The van der Waals surface area contributed by atoms with Crippen LogP contribution in [-0.4, -0.2) is 40.2 Å². The van der Waals surface area contributed by atoms with Crippen molar-refractivity contribution in [2.45, 2.75) is 207 Å². The van der Waals surface area contributed by atoms with Crippen molar-refractivity contribution in [1.29, 1.82) is 0 Å². The van der Waals surface area contributed by atoms with Crippen molar-refractivity contribution in [2.75, 3.05) is 23.0 Å². The molecule has 1 N–H and O–H groups in total. The molecule has 0 fully saturated rings. The van der Waals surface area contributed by atoms with E-state index in [0.717, 1.165) is 39.7 Å². The Bertz CT molecular complexity index is 883. The molecule has 3 nitrogen and oxygen atoms in total. The van der Waals surface area contributed by atoms with Crippen molar-refractivity contribution in [1.82, 2.24) is 0 Å². The van der Waals surface area contributed by atoms with E-state index in [1.54, 1.807) is 0 Å². The summed E-state index contributed by atoms with van der Waals surface area (Å²) in [5, 5.41) is 11.1. The number of hydrogen-bond donors (Lipinski definition) is 1. The third-order valence-electron chi connectivity index (χ3n) is 9.32. The summed E-state index contributed by atoms with van der Waals surface area (Å²) in [5.41, 5.74) is 2.29. The van der Waals surface area contributed by atoms with E-state index in [1.165, 1.54) is 128 Å². The Morgan fingerprint density at radius 1 is 0.604 bits per heavy atom. The van der Waals surface area contributed by atoms with Gasteiger partial charge in [0, 0.05) is 11.5 Å². The average molecular weight is 707 g/mol. The van der Waals surface area contributed by atoms with Crippen molar-refractivity contribution >= 4 is 29.5 Å². The van der Waals surface area contributed by atoms with E-state index in [2.05, 4.69) is 55.4 Å². The first-order chi connectivity index (χ1) is 22.9. The molecule has 0 bridgehead atoms. The van der Waals surface area contributed by atoms with Crippen LogP contribution in [0.2, 0.25) is 0 Å². The summed E-state index contributed by atoms with van der Waals surface area (Å²) in [7, 11) is 0. The summed E-state index contributed by atoms with van der Waals surface area (Å²) in [6.07, 6.45) is 27.4. The van der Waals surface area contributed by atoms with Crippen molar-refractivity contribution in [2.24, 2.45) is 0 Å². The molecule has 0 aliphatic rings. The standard InChI is InChI=1S/C43H78O3S2/c1-9-11-13-15-17-19-21-23-25-27-29-47-34-37(35-48-30-28-26-24-22-20-18-16-14-12-10-2)46-40(44)33-36-31-38(42(3,4)5)41(45)39(32-36)43(6,7)8/h31-32,37,45H,9-30,33-35H2,1-8H3. The Morgan fingerprint density at radius 2 is 0.938 bits per heavy atom. The Morgan fingerprint density at radius 3 is 1.27 bits per heavy atom. The second-order valence-corrected chi connectivity index (χ2v) is 18.6. The zero-order chi connectivity index (χ0) is 35.7. The lowest BCUT2D eigenvalue weighted by Crippen LogP contribution is -2.25. The minimum Gasteiger partial charge on any atom is -0.507 e. The van der Waals surface area contributed by atoms with Gasteiger partial charge in [0.25, 0.3) is 0 Å². The first-order valence-corrected chi connectivity index (χ1v) is 22.4. The van der Waals surface area contributed by atoms with Crippen LogP contribution in [0.5, 0.6) is 5.75 Å². The molecule has 0 heterocycles. The maximum absolute atomic E-state index is 13.4. The molecule has 0 aliphatic carbocycles. The Balaban J connectivity index is 2.60. The van der Waals surface area contributed by atoms with Gasteiger partial charge in [0.15, 0.2) is 0 Å². The lowest BCUT2D eigenvalue weighted by molar-refractivity contribution is -0.146. The van der Waals surface area contributed by atoms with Crippen molar-refractivity contribution in [3.63, 3.8) is 0 Å². The largest absolute Gasteiger partial charge is 0.507 e. The van der Waals surface area contributed by atoms with Gasteiger partial charge >= 0.3 is 5.97 Å². The highest BCUT2D eigenvalue weighted by atomic mass is 32.2. The number of unbranched alkanes of at least 4 members (excludes halogenated alkanes) is 18. The summed E-state index contributed by atoms with van der Waals surface area (Å²) in [4.78, 5) is 13.4. The summed E-state index contributed by atoms with van der Waals surface area (Å²) < 4.78 is 6.19. The van der Waals surface area contributed by atoms with Crippen molar-refractivity contribution in [3.05, 3.63) is 28.8 Å². The molecule has 1 aromatic carbocycles. The van der Waals surface area contributed by atoms with Crippen molar-refractivity contribution < 1.29 is 14.6 Å². The molecule has 0 aliphatic heterocycles. The molecule has 0 radical (unpaired) electrons. The quantitative estimate of drug-likeness (QED) is 0.0664. The normalized spacial score (nSPS) is 12.3. The number of aromatic hydroxyl groups is 1. The number of phenols is 1. The third kappa shape index (κ3) is 22.1. The van der Waals surface area contributed by atoms with Crippen LogP contribution in [0.1, 0.15) is 200 Å². The fourth-order valence-electron chi connectivity index (χ4n) is 6.26. The molecule has 0 aromatic heterocycles. The lowest BCUT2D eigenvalue weighted by atomic mass is 9.78. The van der Waals surface area contributed by atoms with Gasteiger partial charge in [0.1, 0.15) is 11.9 Å². The van der Waals surface area contributed by atoms with Crippen molar-refractivity contribution in [3.8, 4) is 5.75 Å². The van der Waals surface area contributed by atoms with E-state index in [9.17, 15) is 9.90 Å². The molecule has 1 rings (SSSR count). The first-order valence-electron chi connectivity index (χ1n) is 20.1. The Labute approximate surface area is 307 Å². The highest BCUT2D eigenvalue weighted by Gasteiger charge is 2.27. The summed E-state index contributed by atoms with van der Waals surface area (Å²) >= 11 is 3.92. The zero-order valence-corrected chi connectivity index (χ0v) is 34.6. The molecular formula is C43H78O3S2. The Kier molecular flexibility index (Phi) is 25.4. The number of ether oxygens (including phenoxy) is 1. The number of benzene rings is 1. The lowest BCUT2D eigenvalue weighted by Gasteiger charge is -2.28. The molecule has 5 heteroatoms. The minimum atomic E-state index is -0.219. The fourth-order valence-corrected chi connectivity index (χ4v) is 8.46. The number of thioether (sulfide) groups is 2. The number of hydrogen-bond acceptors (Lipinski definition) is 5. The molecule has 0 saturated carbocycles. The monoisotopic (exact) mass is 707 g/mol. The van der Waals surface area contributed by atoms with Gasteiger partial charge in [-0.25, -0.2) is 0 Å². The van der Waals surface area contributed by atoms with Crippen LogP contribution in [0.4, 0.5) is 0 Å². The van der Waals surface area contributed by atoms with Crippen LogP contribution in [0, 0.1) is 0 Å². The van der Waals surface area contributed by atoms with Gasteiger partial charge in [-0.1, -0.05) is 183 Å². The molecule has 0 atom stereocenters. The summed E-state index contributed by atoms with van der Waals surface area (Å²) in [5.74, 6) is 4.26. The van der Waals surface area contributed by atoms with E-state index in [-0.39, 0.29) is 29.3 Å². The number of esters is 1. The smallest absolute Gasteiger partial charge is 0.310 e. The second kappa shape index (κ2) is 26.9. The van der Waals surface area contributed by atoms with Gasteiger partial charge in [0.05, 0.1) is 6.42 Å². The highest BCUT2D eigenvalue weighted by Crippen LogP contribution is 2.40. The van der Waals surface area contributed by atoms with E-state index in [1.807, 2.05) is 35.7 Å². The zero-order valence-electron chi connectivity index (χ0n) is 33.0. The molecule has 0 unspecified atom stereocenters. The van der Waals surface area contributed by atoms with Crippen LogP contribution in [0.25, 0.3) is 0 Å². The maximum atomic E-state index is 13.4. The van der Waals surface area contributed by atoms with E-state index in [0.29, 0.717) is 5.75 Å². The predicted molar refractivity (Wildman–Crippen MR) is 217 cm³/mol. The molecule has 280 valence electrons. The maximum Gasteiger partial charge on any atom is 0.310 e. The molecular weight excluding hydrogens is 629 g/mol.